The van der Waals surface area contributed by atoms with E-state index in [2.05, 4.69) is 37.8 Å². The molecule has 0 aliphatic rings. The van der Waals surface area contributed by atoms with Crippen LogP contribution in [-0.4, -0.2) is 0 Å². The lowest BCUT2D eigenvalue weighted by Gasteiger charge is -2.07. The summed E-state index contributed by atoms with van der Waals surface area (Å²) in [7, 11) is 0. The third kappa shape index (κ3) is 4.27. The van der Waals surface area contributed by atoms with Gasteiger partial charge in [-0.25, -0.2) is 0 Å². The van der Waals surface area contributed by atoms with E-state index in [1.165, 1.54) is 30.4 Å². The van der Waals surface area contributed by atoms with Crippen LogP contribution in [0.25, 0.3) is 6.08 Å². The number of unbranched alkanes of at least 4 members (excludes halogenated alkanes) is 1. The molecule has 0 heterocycles. The summed E-state index contributed by atoms with van der Waals surface area (Å²) in [4.78, 5) is 0. The van der Waals surface area contributed by atoms with Crippen molar-refractivity contribution in [2.75, 3.05) is 0 Å². The van der Waals surface area contributed by atoms with Gasteiger partial charge in [0, 0.05) is 0 Å². The Morgan fingerprint density at radius 2 is 1.60 bits per heavy atom. The molecule has 0 N–H and O–H groups in total. The van der Waals surface area contributed by atoms with Crippen LogP contribution in [0.1, 0.15) is 36.5 Å². The van der Waals surface area contributed by atoms with Gasteiger partial charge >= 0.3 is 0 Å². The molecule has 0 saturated heterocycles. The molecule has 0 spiro atoms. The second-order valence-electron chi connectivity index (χ2n) is 4.98. The number of ether oxygens (including phenoxy) is 1. The molecule has 2 rings (SSSR count). The second kappa shape index (κ2) is 7.54. The average Bonchev–Trinajstić information content (AvgIpc) is 2.52. The maximum Gasteiger partial charge on any atom is 0.119 e. The van der Waals surface area contributed by atoms with Crippen LogP contribution in [0, 0.1) is 0 Å². The lowest BCUT2D eigenvalue weighted by atomic mass is 10.1. The zero-order valence-electron chi connectivity index (χ0n) is 12.1. The Morgan fingerprint density at radius 1 is 0.950 bits per heavy atom. The van der Waals surface area contributed by atoms with E-state index in [1.807, 2.05) is 30.3 Å². The fourth-order valence-electron chi connectivity index (χ4n) is 2.05. The average molecular weight is 266 g/mol. The summed E-state index contributed by atoms with van der Waals surface area (Å²) in [6, 6.07) is 16.7. The van der Waals surface area contributed by atoms with Crippen molar-refractivity contribution in [2.45, 2.75) is 32.8 Å². The van der Waals surface area contributed by atoms with Gasteiger partial charge in [-0.05, 0) is 41.7 Å². The van der Waals surface area contributed by atoms with Gasteiger partial charge in [-0.1, -0.05) is 62.4 Å². The predicted octanol–water partition coefficient (Wildman–Crippen LogP) is 5.25. The van der Waals surface area contributed by atoms with Crippen molar-refractivity contribution in [3.05, 3.63) is 71.8 Å². The van der Waals surface area contributed by atoms with Gasteiger partial charge in [0.05, 0.1) is 0 Å². The summed E-state index contributed by atoms with van der Waals surface area (Å²) in [5.41, 5.74) is 3.72. The van der Waals surface area contributed by atoms with Crippen molar-refractivity contribution in [3.63, 3.8) is 0 Å². The molecule has 1 nitrogen and oxygen atoms in total. The highest BCUT2D eigenvalue weighted by atomic mass is 16.5. The highest BCUT2D eigenvalue weighted by Gasteiger charge is 1.97. The molecule has 0 unspecified atom stereocenters. The molecule has 104 valence electrons. The van der Waals surface area contributed by atoms with Crippen molar-refractivity contribution < 1.29 is 4.74 Å². The van der Waals surface area contributed by atoms with Gasteiger partial charge in [0.15, 0.2) is 0 Å². The largest absolute Gasteiger partial charge is 0.489 e. The highest BCUT2D eigenvalue weighted by Crippen LogP contribution is 2.15. The van der Waals surface area contributed by atoms with E-state index in [0.717, 1.165) is 11.3 Å². The smallest absolute Gasteiger partial charge is 0.119 e. The Bertz CT molecular complexity index is 523. The van der Waals surface area contributed by atoms with Crippen LogP contribution in [0.2, 0.25) is 0 Å². The lowest BCUT2D eigenvalue weighted by Crippen LogP contribution is -1.95. The van der Waals surface area contributed by atoms with Gasteiger partial charge < -0.3 is 4.74 Å². The first-order chi connectivity index (χ1) is 9.81. The van der Waals surface area contributed by atoms with Crippen LogP contribution in [0.15, 0.2) is 55.1 Å². The molecule has 0 amide bonds. The molecule has 0 saturated carbocycles. The first-order valence-electron chi connectivity index (χ1n) is 7.25. The van der Waals surface area contributed by atoms with Crippen LogP contribution in [0.4, 0.5) is 0 Å². The van der Waals surface area contributed by atoms with Crippen LogP contribution in [0.5, 0.6) is 5.75 Å². The zero-order chi connectivity index (χ0) is 14.2. The van der Waals surface area contributed by atoms with Crippen molar-refractivity contribution in [3.8, 4) is 5.75 Å². The predicted molar refractivity (Wildman–Crippen MR) is 85.9 cm³/mol. The lowest BCUT2D eigenvalue weighted by molar-refractivity contribution is 0.306. The maximum absolute atomic E-state index is 5.78. The number of benzene rings is 2. The monoisotopic (exact) mass is 266 g/mol. The van der Waals surface area contributed by atoms with Gasteiger partial charge in [-0.3, -0.25) is 0 Å². The highest BCUT2D eigenvalue weighted by molar-refractivity contribution is 5.48. The molecule has 0 aromatic heterocycles. The number of aryl methyl sites for hydroxylation is 1. The van der Waals surface area contributed by atoms with Crippen molar-refractivity contribution in [1.29, 1.82) is 0 Å². The van der Waals surface area contributed by atoms with E-state index in [4.69, 9.17) is 4.74 Å². The molecule has 0 atom stereocenters. The summed E-state index contributed by atoms with van der Waals surface area (Å²) in [5.74, 6) is 0.894. The molecular weight excluding hydrogens is 244 g/mol. The Hall–Kier alpha value is -2.02. The van der Waals surface area contributed by atoms with Gasteiger partial charge in [-0.15, -0.1) is 0 Å². The third-order valence-electron chi connectivity index (χ3n) is 3.36. The summed E-state index contributed by atoms with van der Waals surface area (Å²) in [5, 5.41) is 0. The molecule has 0 fully saturated rings. The normalized spacial score (nSPS) is 10.2. The van der Waals surface area contributed by atoms with Gasteiger partial charge in [-0.2, -0.15) is 0 Å². The summed E-state index contributed by atoms with van der Waals surface area (Å²) in [6.45, 7) is 6.58. The molecule has 2 aromatic carbocycles. The first-order valence-corrected chi connectivity index (χ1v) is 7.25. The van der Waals surface area contributed by atoms with Crippen molar-refractivity contribution in [2.24, 2.45) is 0 Å². The molecule has 0 aliphatic carbocycles. The fraction of sp³-hybridized carbons (Fsp3) is 0.263. The molecule has 0 radical (unpaired) electrons. The maximum atomic E-state index is 5.78. The van der Waals surface area contributed by atoms with Crippen LogP contribution in [0.3, 0.4) is 0 Å². The second-order valence-corrected chi connectivity index (χ2v) is 4.98. The van der Waals surface area contributed by atoms with E-state index in [0.29, 0.717) is 6.61 Å². The minimum absolute atomic E-state index is 0.613. The van der Waals surface area contributed by atoms with Gasteiger partial charge in [0.1, 0.15) is 12.4 Å². The van der Waals surface area contributed by atoms with E-state index in [-0.39, 0.29) is 0 Å². The minimum Gasteiger partial charge on any atom is -0.489 e. The standard InChI is InChI=1S/C19H22O/c1-3-5-6-17-7-9-18(10-8-17)15-20-19-13-11-16(4-2)12-14-19/h4,7-14H,2-3,5-6,15H2,1H3. The van der Waals surface area contributed by atoms with E-state index >= 15 is 0 Å². The van der Waals surface area contributed by atoms with Crippen LogP contribution < -0.4 is 4.74 Å². The van der Waals surface area contributed by atoms with Gasteiger partial charge in [0.2, 0.25) is 0 Å². The first kappa shape index (κ1) is 14.4. The van der Waals surface area contributed by atoms with E-state index < -0.39 is 0 Å². The molecule has 20 heavy (non-hydrogen) atoms. The summed E-state index contributed by atoms with van der Waals surface area (Å²) in [6.07, 6.45) is 5.50. The third-order valence-corrected chi connectivity index (χ3v) is 3.36. The Morgan fingerprint density at radius 3 is 2.20 bits per heavy atom. The number of hydrogen-bond donors (Lipinski definition) is 0. The van der Waals surface area contributed by atoms with Crippen LogP contribution in [-0.2, 0) is 13.0 Å². The van der Waals surface area contributed by atoms with E-state index in [1.54, 1.807) is 0 Å². The Kier molecular flexibility index (Phi) is 5.43. The Labute approximate surface area is 121 Å². The zero-order valence-corrected chi connectivity index (χ0v) is 12.1. The molecule has 2 aromatic rings. The molecule has 1 heteroatoms. The molecule has 0 aliphatic heterocycles. The number of hydrogen-bond acceptors (Lipinski definition) is 1. The van der Waals surface area contributed by atoms with Crippen molar-refractivity contribution >= 4 is 6.08 Å². The Balaban J connectivity index is 1.88. The van der Waals surface area contributed by atoms with Gasteiger partial charge in [0.25, 0.3) is 0 Å². The van der Waals surface area contributed by atoms with Crippen molar-refractivity contribution in [1.82, 2.24) is 0 Å². The quantitative estimate of drug-likeness (QED) is 0.665. The minimum atomic E-state index is 0.613. The van der Waals surface area contributed by atoms with Crippen LogP contribution >= 0.6 is 0 Å². The SMILES string of the molecule is C=Cc1ccc(OCc2ccc(CCCC)cc2)cc1. The topological polar surface area (TPSA) is 9.23 Å². The summed E-state index contributed by atoms with van der Waals surface area (Å²) < 4.78 is 5.78. The summed E-state index contributed by atoms with van der Waals surface area (Å²) >= 11 is 0. The number of rotatable bonds is 7. The molecular formula is C19H22O. The van der Waals surface area contributed by atoms with E-state index in [9.17, 15) is 0 Å². The molecule has 0 bridgehead atoms. The fourth-order valence-corrected chi connectivity index (χ4v) is 2.05.